The van der Waals surface area contributed by atoms with E-state index in [2.05, 4.69) is 5.32 Å². The minimum atomic E-state index is -0.609. The first kappa shape index (κ1) is 17.8. The average molecular weight is 354 g/mol. The highest BCUT2D eigenvalue weighted by molar-refractivity contribution is 6.03. The zero-order valence-electron chi connectivity index (χ0n) is 14.9. The van der Waals surface area contributed by atoms with Gasteiger partial charge in [-0.05, 0) is 38.1 Å². The second-order valence-corrected chi connectivity index (χ2v) is 6.16. The maximum absolute atomic E-state index is 12.4. The normalized spacial score (nSPS) is 15.8. The Morgan fingerprint density at radius 2 is 1.92 bits per heavy atom. The molecule has 6 heteroatoms. The van der Waals surface area contributed by atoms with Gasteiger partial charge in [-0.3, -0.25) is 14.5 Å². The number of anilines is 1. The van der Waals surface area contributed by atoms with E-state index in [-0.39, 0.29) is 18.4 Å². The van der Waals surface area contributed by atoms with Crippen molar-refractivity contribution < 1.29 is 19.1 Å². The molecule has 1 aliphatic rings. The highest BCUT2D eigenvalue weighted by Crippen LogP contribution is 2.33. The maximum Gasteiger partial charge on any atom is 0.268 e. The average Bonchev–Trinajstić information content (AvgIpc) is 2.64. The van der Waals surface area contributed by atoms with E-state index >= 15 is 0 Å². The monoisotopic (exact) mass is 354 g/mol. The Kier molecular flexibility index (Phi) is 5.41. The molecule has 0 spiro atoms. The zero-order valence-corrected chi connectivity index (χ0v) is 14.9. The standard InChI is InChI=1S/C20H22N2O4/c1-14-7-9-16(10-8-14)25-12-11-21-19(23)13-22-17-5-3-4-6-18(17)26-15(2)20(22)24/h3-10,15H,11-13H2,1-2H3,(H,21,23)/t15-/m0/s1. The van der Waals surface area contributed by atoms with Crippen LogP contribution in [0, 0.1) is 6.92 Å². The van der Waals surface area contributed by atoms with Gasteiger partial charge in [0.1, 0.15) is 24.7 Å². The number of amides is 2. The molecule has 136 valence electrons. The van der Waals surface area contributed by atoms with Crippen molar-refractivity contribution in [3.63, 3.8) is 0 Å². The quantitative estimate of drug-likeness (QED) is 0.809. The third-order valence-corrected chi connectivity index (χ3v) is 4.09. The van der Waals surface area contributed by atoms with Crippen LogP contribution in [0.25, 0.3) is 0 Å². The molecule has 2 aromatic carbocycles. The molecule has 0 aromatic heterocycles. The predicted octanol–water partition coefficient (Wildman–Crippen LogP) is 2.30. The second-order valence-electron chi connectivity index (χ2n) is 6.16. The molecular formula is C20H22N2O4. The van der Waals surface area contributed by atoms with E-state index in [1.807, 2.05) is 43.3 Å². The van der Waals surface area contributed by atoms with E-state index in [1.165, 1.54) is 4.90 Å². The molecule has 1 heterocycles. The smallest absolute Gasteiger partial charge is 0.268 e. The number of carbonyl (C=O) groups is 2. The van der Waals surface area contributed by atoms with Gasteiger partial charge in [0.25, 0.3) is 5.91 Å². The first-order valence-electron chi connectivity index (χ1n) is 8.58. The largest absolute Gasteiger partial charge is 0.492 e. The lowest BCUT2D eigenvalue weighted by Crippen LogP contribution is -2.49. The van der Waals surface area contributed by atoms with Crippen LogP contribution in [-0.4, -0.2) is 37.6 Å². The van der Waals surface area contributed by atoms with E-state index in [1.54, 1.807) is 19.1 Å². The van der Waals surface area contributed by atoms with Gasteiger partial charge in [0.05, 0.1) is 12.2 Å². The number of hydrogen-bond acceptors (Lipinski definition) is 4. The molecule has 0 saturated heterocycles. The molecule has 3 rings (SSSR count). The highest BCUT2D eigenvalue weighted by Gasteiger charge is 2.32. The van der Waals surface area contributed by atoms with E-state index in [9.17, 15) is 9.59 Å². The summed E-state index contributed by atoms with van der Waals surface area (Å²) in [6.07, 6.45) is -0.609. The van der Waals surface area contributed by atoms with Crippen molar-refractivity contribution in [2.75, 3.05) is 24.6 Å². The summed E-state index contributed by atoms with van der Waals surface area (Å²) in [5, 5.41) is 2.78. The van der Waals surface area contributed by atoms with Gasteiger partial charge in [-0.1, -0.05) is 29.8 Å². The molecule has 1 N–H and O–H groups in total. The topological polar surface area (TPSA) is 67.9 Å². The molecule has 0 saturated carbocycles. The van der Waals surface area contributed by atoms with Crippen molar-refractivity contribution in [1.82, 2.24) is 5.32 Å². The SMILES string of the molecule is Cc1ccc(OCCNC(=O)CN2C(=O)[C@H](C)Oc3ccccc32)cc1. The first-order valence-corrected chi connectivity index (χ1v) is 8.58. The zero-order chi connectivity index (χ0) is 18.5. The number of ether oxygens (including phenoxy) is 2. The van der Waals surface area contributed by atoms with Gasteiger partial charge in [-0.2, -0.15) is 0 Å². The summed E-state index contributed by atoms with van der Waals surface area (Å²) in [6, 6.07) is 14.9. The third kappa shape index (κ3) is 4.14. The summed E-state index contributed by atoms with van der Waals surface area (Å²) >= 11 is 0. The maximum atomic E-state index is 12.4. The highest BCUT2D eigenvalue weighted by atomic mass is 16.5. The van der Waals surface area contributed by atoms with Crippen molar-refractivity contribution in [2.24, 2.45) is 0 Å². The number of aryl methyl sites for hydroxylation is 1. The number of nitrogens with zero attached hydrogens (tertiary/aromatic N) is 1. The molecule has 1 atom stereocenters. The van der Waals surface area contributed by atoms with Crippen molar-refractivity contribution in [1.29, 1.82) is 0 Å². The van der Waals surface area contributed by atoms with Crippen LogP contribution in [0.1, 0.15) is 12.5 Å². The van der Waals surface area contributed by atoms with Crippen LogP contribution in [0.2, 0.25) is 0 Å². The number of nitrogens with one attached hydrogen (secondary N) is 1. The van der Waals surface area contributed by atoms with Gasteiger partial charge in [-0.15, -0.1) is 0 Å². The van der Waals surface area contributed by atoms with Crippen molar-refractivity contribution in [2.45, 2.75) is 20.0 Å². The number of para-hydroxylation sites is 2. The molecular weight excluding hydrogens is 332 g/mol. The molecule has 26 heavy (non-hydrogen) atoms. The Morgan fingerprint density at radius 3 is 2.69 bits per heavy atom. The van der Waals surface area contributed by atoms with Crippen LogP contribution in [0.5, 0.6) is 11.5 Å². The van der Waals surface area contributed by atoms with Crippen LogP contribution in [0.3, 0.4) is 0 Å². The fraction of sp³-hybridized carbons (Fsp3) is 0.300. The summed E-state index contributed by atoms with van der Waals surface area (Å²) < 4.78 is 11.1. The van der Waals surface area contributed by atoms with Crippen molar-refractivity contribution >= 4 is 17.5 Å². The van der Waals surface area contributed by atoms with Gasteiger partial charge in [0.2, 0.25) is 5.91 Å². The molecule has 0 aliphatic carbocycles. The lowest BCUT2D eigenvalue weighted by Gasteiger charge is -2.32. The van der Waals surface area contributed by atoms with Gasteiger partial charge in [-0.25, -0.2) is 0 Å². The summed E-state index contributed by atoms with van der Waals surface area (Å²) in [5.41, 5.74) is 1.77. The first-order chi connectivity index (χ1) is 12.5. The Balaban J connectivity index is 1.51. The lowest BCUT2D eigenvalue weighted by molar-refractivity contribution is -0.128. The van der Waals surface area contributed by atoms with Gasteiger partial charge >= 0.3 is 0 Å². The van der Waals surface area contributed by atoms with Crippen LogP contribution >= 0.6 is 0 Å². The summed E-state index contributed by atoms with van der Waals surface area (Å²) in [5.74, 6) is 0.899. The fourth-order valence-corrected chi connectivity index (χ4v) is 2.72. The summed E-state index contributed by atoms with van der Waals surface area (Å²) in [6.45, 7) is 4.36. The Hall–Kier alpha value is -3.02. The number of fused-ring (bicyclic) bond motifs is 1. The summed E-state index contributed by atoms with van der Waals surface area (Å²) in [4.78, 5) is 26.0. The molecule has 0 unspecified atom stereocenters. The molecule has 0 radical (unpaired) electrons. The van der Waals surface area contributed by atoms with Crippen LogP contribution in [0.15, 0.2) is 48.5 Å². The summed E-state index contributed by atoms with van der Waals surface area (Å²) in [7, 11) is 0. The van der Waals surface area contributed by atoms with Gasteiger partial charge < -0.3 is 14.8 Å². The number of benzene rings is 2. The van der Waals surface area contributed by atoms with E-state index in [4.69, 9.17) is 9.47 Å². The van der Waals surface area contributed by atoms with Gasteiger partial charge in [0, 0.05) is 0 Å². The molecule has 2 aromatic rings. The van der Waals surface area contributed by atoms with Crippen LogP contribution in [-0.2, 0) is 9.59 Å². The van der Waals surface area contributed by atoms with Gasteiger partial charge in [0.15, 0.2) is 6.10 Å². The van der Waals surface area contributed by atoms with E-state index < -0.39 is 6.10 Å². The third-order valence-electron chi connectivity index (χ3n) is 4.09. The van der Waals surface area contributed by atoms with Crippen LogP contribution in [0.4, 0.5) is 5.69 Å². The van der Waals surface area contributed by atoms with E-state index in [0.717, 1.165) is 11.3 Å². The fourth-order valence-electron chi connectivity index (χ4n) is 2.72. The lowest BCUT2D eigenvalue weighted by atomic mass is 10.2. The van der Waals surface area contributed by atoms with Crippen molar-refractivity contribution in [3.8, 4) is 11.5 Å². The molecule has 6 nitrogen and oxygen atoms in total. The Labute approximate surface area is 152 Å². The van der Waals surface area contributed by atoms with Crippen LogP contribution < -0.4 is 19.7 Å². The minimum Gasteiger partial charge on any atom is -0.492 e. The molecule has 1 aliphatic heterocycles. The number of hydrogen-bond donors (Lipinski definition) is 1. The van der Waals surface area contributed by atoms with Crippen molar-refractivity contribution in [3.05, 3.63) is 54.1 Å². The predicted molar refractivity (Wildman–Crippen MR) is 98.6 cm³/mol. The molecule has 2 amide bonds. The Bertz CT molecular complexity index is 789. The minimum absolute atomic E-state index is 0.0475. The number of rotatable bonds is 6. The second kappa shape index (κ2) is 7.91. The Morgan fingerprint density at radius 1 is 1.19 bits per heavy atom. The molecule has 0 fully saturated rings. The molecule has 0 bridgehead atoms. The number of carbonyl (C=O) groups excluding carboxylic acids is 2. The van der Waals surface area contributed by atoms with E-state index in [0.29, 0.717) is 24.6 Å².